The molecule has 3 unspecified atom stereocenters. The molecule has 4 nitrogen and oxygen atoms in total. The van der Waals surface area contributed by atoms with Crippen molar-refractivity contribution >= 4 is 5.91 Å². The Balaban J connectivity index is 2.09. The maximum absolute atomic E-state index is 12.5. The molecular formula is C17H24F2N2O2. The van der Waals surface area contributed by atoms with E-state index >= 15 is 0 Å². The first-order valence-electron chi connectivity index (χ1n) is 8.11. The SMILES string of the molecule is CCC(NC(=O)C1CCCC(N)C1)c1ccccc1OC(F)F. The van der Waals surface area contributed by atoms with Crippen LogP contribution in [0.15, 0.2) is 24.3 Å². The number of hydrogen-bond donors (Lipinski definition) is 2. The number of ether oxygens (including phenoxy) is 1. The number of alkyl halides is 2. The number of nitrogens with two attached hydrogens (primary N) is 1. The second-order valence-corrected chi connectivity index (χ2v) is 6.01. The van der Waals surface area contributed by atoms with Crippen LogP contribution in [0.3, 0.4) is 0 Å². The van der Waals surface area contributed by atoms with E-state index in [9.17, 15) is 13.6 Å². The highest BCUT2D eigenvalue weighted by atomic mass is 19.3. The van der Waals surface area contributed by atoms with E-state index in [4.69, 9.17) is 5.73 Å². The molecule has 1 aromatic carbocycles. The molecule has 6 heteroatoms. The summed E-state index contributed by atoms with van der Waals surface area (Å²) in [6.07, 6.45) is 3.99. The molecule has 0 spiro atoms. The second-order valence-electron chi connectivity index (χ2n) is 6.01. The average Bonchev–Trinajstić information content (AvgIpc) is 2.52. The Morgan fingerprint density at radius 1 is 1.39 bits per heavy atom. The molecule has 128 valence electrons. The molecule has 0 aliphatic heterocycles. The van der Waals surface area contributed by atoms with Crippen molar-refractivity contribution in [1.29, 1.82) is 0 Å². The van der Waals surface area contributed by atoms with Crippen molar-refractivity contribution in [2.75, 3.05) is 0 Å². The molecular weight excluding hydrogens is 302 g/mol. The van der Waals surface area contributed by atoms with E-state index in [2.05, 4.69) is 10.1 Å². The standard InChI is InChI=1S/C17H24F2N2O2/c1-2-14(13-8-3-4-9-15(13)23-17(18)19)21-16(22)11-6-5-7-12(20)10-11/h3-4,8-9,11-12,14,17H,2,5-7,10,20H2,1H3,(H,21,22). The number of carbonyl (C=O) groups excluding carboxylic acids is 1. The van der Waals surface area contributed by atoms with E-state index in [1.165, 1.54) is 6.07 Å². The quantitative estimate of drug-likeness (QED) is 0.842. The fourth-order valence-electron chi connectivity index (χ4n) is 3.13. The zero-order valence-electron chi connectivity index (χ0n) is 13.3. The van der Waals surface area contributed by atoms with E-state index in [1.54, 1.807) is 18.2 Å². The highest BCUT2D eigenvalue weighted by Gasteiger charge is 2.27. The fourth-order valence-corrected chi connectivity index (χ4v) is 3.13. The minimum absolute atomic E-state index is 0.0566. The molecule has 1 aliphatic carbocycles. The summed E-state index contributed by atoms with van der Waals surface area (Å²) < 4.78 is 29.6. The molecule has 1 fully saturated rings. The van der Waals surface area contributed by atoms with Crippen LogP contribution in [-0.2, 0) is 4.79 Å². The average molecular weight is 326 g/mol. The first-order valence-corrected chi connectivity index (χ1v) is 8.11. The summed E-state index contributed by atoms with van der Waals surface area (Å²) in [5, 5.41) is 2.97. The van der Waals surface area contributed by atoms with Gasteiger partial charge in [0.1, 0.15) is 5.75 Å². The molecule has 0 saturated heterocycles. The van der Waals surface area contributed by atoms with Crippen molar-refractivity contribution in [2.24, 2.45) is 11.7 Å². The van der Waals surface area contributed by atoms with Crippen LogP contribution in [0.1, 0.15) is 50.6 Å². The number of para-hydroxylation sites is 1. The summed E-state index contributed by atoms with van der Waals surface area (Å²) in [6.45, 7) is -0.989. The molecule has 3 N–H and O–H groups in total. The van der Waals surface area contributed by atoms with Crippen LogP contribution in [0.2, 0.25) is 0 Å². The van der Waals surface area contributed by atoms with Crippen molar-refractivity contribution in [2.45, 2.75) is 57.7 Å². The smallest absolute Gasteiger partial charge is 0.387 e. The van der Waals surface area contributed by atoms with Gasteiger partial charge in [-0.25, -0.2) is 0 Å². The molecule has 0 radical (unpaired) electrons. The van der Waals surface area contributed by atoms with Crippen LogP contribution in [0.25, 0.3) is 0 Å². The molecule has 1 amide bonds. The minimum atomic E-state index is -2.89. The Bertz CT molecular complexity index is 525. The Morgan fingerprint density at radius 3 is 2.78 bits per heavy atom. The molecule has 1 aromatic rings. The summed E-state index contributed by atoms with van der Waals surface area (Å²) in [6, 6.07) is 6.30. The van der Waals surface area contributed by atoms with Gasteiger partial charge in [0.25, 0.3) is 0 Å². The van der Waals surface area contributed by atoms with E-state index in [0.717, 1.165) is 19.3 Å². The van der Waals surface area contributed by atoms with Crippen LogP contribution in [0.5, 0.6) is 5.75 Å². The lowest BCUT2D eigenvalue weighted by Gasteiger charge is -2.28. The zero-order chi connectivity index (χ0) is 16.8. The number of benzene rings is 1. The monoisotopic (exact) mass is 326 g/mol. The molecule has 1 saturated carbocycles. The lowest BCUT2D eigenvalue weighted by molar-refractivity contribution is -0.126. The third-order valence-corrected chi connectivity index (χ3v) is 4.32. The molecule has 0 aromatic heterocycles. The number of hydrogen-bond acceptors (Lipinski definition) is 3. The molecule has 23 heavy (non-hydrogen) atoms. The van der Waals surface area contributed by atoms with Crippen LogP contribution in [0.4, 0.5) is 8.78 Å². The minimum Gasteiger partial charge on any atom is -0.434 e. The van der Waals surface area contributed by atoms with Gasteiger partial charge < -0.3 is 15.8 Å². The maximum Gasteiger partial charge on any atom is 0.387 e. The van der Waals surface area contributed by atoms with Crippen LogP contribution in [0, 0.1) is 5.92 Å². The Morgan fingerprint density at radius 2 is 2.13 bits per heavy atom. The summed E-state index contributed by atoms with van der Waals surface area (Å²) >= 11 is 0. The largest absolute Gasteiger partial charge is 0.434 e. The van der Waals surface area contributed by atoms with Gasteiger partial charge in [0, 0.05) is 17.5 Å². The lowest BCUT2D eigenvalue weighted by Crippen LogP contribution is -2.39. The third kappa shape index (κ3) is 4.89. The molecule has 1 aliphatic rings. The van der Waals surface area contributed by atoms with E-state index < -0.39 is 6.61 Å². The maximum atomic E-state index is 12.5. The summed E-state index contributed by atoms with van der Waals surface area (Å²) in [4.78, 5) is 12.5. The van der Waals surface area contributed by atoms with Gasteiger partial charge in [-0.3, -0.25) is 4.79 Å². The number of carbonyl (C=O) groups is 1. The lowest BCUT2D eigenvalue weighted by atomic mass is 9.85. The predicted octanol–water partition coefficient (Wildman–Crippen LogP) is 3.37. The zero-order valence-corrected chi connectivity index (χ0v) is 13.3. The molecule has 2 rings (SSSR count). The fraction of sp³-hybridized carbons (Fsp3) is 0.588. The van der Waals surface area contributed by atoms with Gasteiger partial charge in [-0.05, 0) is 31.7 Å². The van der Waals surface area contributed by atoms with Crippen LogP contribution >= 0.6 is 0 Å². The van der Waals surface area contributed by atoms with Gasteiger partial charge >= 0.3 is 6.61 Å². The van der Waals surface area contributed by atoms with Crippen molar-refractivity contribution in [3.63, 3.8) is 0 Å². The van der Waals surface area contributed by atoms with Crippen molar-refractivity contribution < 1.29 is 18.3 Å². The number of rotatable bonds is 6. The summed E-state index contributed by atoms with van der Waals surface area (Å²) in [7, 11) is 0. The number of halogens is 2. The predicted molar refractivity (Wildman–Crippen MR) is 84.2 cm³/mol. The van der Waals surface area contributed by atoms with Gasteiger partial charge in [-0.1, -0.05) is 31.5 Å². The highest BCUT2D eigenvalue weighted by molar-refractivity contribution is 5.79. The normalized spacial score (nSPS) is 22.7. The first kappa shape index (κ1) is 17.7. The number of nitrogens with one attached hydrogen (secondary N) is 1. The Kier molecular flexibility index (Phi) is 6.33. The molecule has 0 bridgehead atoms. The van der Waals surface area contributed by atoms with E-state index in [1.807, 2.05) is 6.92 Å². The van der Waals surface area contributed by atoms with Crippen molar-refractivity contribution in [3.05, 3.63) is 29.8 Å². The van der Waals surface area contributed by atoms with Gasteiger partial charge in [-0.2, -0.15) is 8.78 Å². The van der Waals surface area contributed by atoms with Crippen molar-refractivity contribution in [3.8, 4) is 5.75 Å². The molecule has 0 heterocycles. The molecule has 3 atom stereocenters. The van der Waals surface area contributed by atoms with Gasteiger partial charge in [0.2, 0.25) is 5.91 Å². The topological polar surface area (TPSA) is 64.4 Å². The summed E-state index contributed by atoms with van der Waals surface area (Å²) in [5.41, 5.74) is 6.51. The highest BCUT2D eigenvalue weighted by Crippen LogP contribution is 2.30. The van der Waals surface area contributed by atoms with Gasteiger partial charge in [0.15, 0.2) is 0 Å². The van der Waals surface area contributed by atoms with Crippen molar-refractivity contribution in [1.82, 2.24) is 5.32 Å². The first-order chi connectivity index (χ1) is 11.0. The Labute approximate surface area is 135 Å². The van der Waals surface area contributed by atoms with Crippen LogP contribution < -0.4 is 15.8 Å². The van der Waals surface area contributed by atoms with Gasteiger partial charge in [0.05, 0.1) is 6.04 Å². The van der Waals surface area contributed by atoms with E-state index in [-0.39, 0.29) is 29.7 Å². The van der Waals surface area contributed by atoms with Gasteiger partial charge in [-0.15, -0.1) is 0 Å². The third-order valence-electron chi connectivity index (χ3n) is 4.32. The summed E-state index contributed by atoms with van der Waals surface area (Å²) in [5.74, 6) is -0.0511. The number of amides is 1. The van der Waals surface area contributed by atoms with E-state index in [0.29, 0.717) is 18.4 Å². The van der Waals surface area contributed by atoms with Crippen LogP contribution in [-0.4, -0.2) is 18.6 Å². The Hall–Kier alpha value is -1.69. The second kappa shape index (κ2) is 8.24.